The smallest absolute Gasteiger partial charge is 0.325 e. The third kappa shape index (κ3) is 8.38. The van der Waals surface area contributed by atoms with Crippen molar-refractivity contribution in [2.24, 2.45) is 0 Å². The van der Waals surface area contributed by atoms with Crippen molar-refractivity contribution in [3.05, 3.63) is 59.7 Å². The van der Waals surface area contributed by atoms with E-state index >= 15 is 0 Å². The van der Waals surface area contributed by atoms with E-state index in [9.17, 15) is 14.4 Å². The Bertz CT molecular complexity index is 863. The van der Waals surface area contributed by atoms with Crippen LogP contribution in [-0.2, 0) is 20.7 Å². The summed E-state index contributed by atoms with van der Waals surface area (Å²) in [5.74, 6) is -0.698. The van der Waals surface area contributed by atoms with Crippen LogP contribution in [-0.4, -0.2) is 51.2 Å². The molecule has 2 rings (SSSR count). The Morgan fingerprint density at radius 3 is 2.23 bits per heavy atom. The van der Waals surface area contributed by atoms with Crippen molar-refractivity contribution in [2.45, 2.75) is 25.8 Å². The molecule has 31 heavy (non-hydrogen) atoms. The monoisotopic (exact) mass is 428 g/mol. The molecule has 0 heterocycles. The van der Waals surface area contributed by atoms with Gasteiger partial charge in [0.1, 0.15) is 18.0 Å². The first kappa shape index (κ1) is 23.7. The normalized spacial score (nSPS) is 11.2. The average Bonchev–Trinajstić information content (AvgIpc) is 2.80. The van der Waals surface area contributed by atoms with E-state index in [4.69, 9.17) is 14.2 Å². The lowest BCUT2D eigenvalue weighted by Crippen LogP contribution is -2.37. The van der Waals surface area contributed by atoms with Crippen molar-refractivity contribution in [3.63, 3.8) is 0 Å². The second-order valence-corrected chi connectivity index (χ2v) is 6.94. The number of carbonyl (C=O) groups excluding carboxylic acids is 3. The number of aryl methyl sites for hydroxylation is 1. The maximum Gasteiger partial charge on any atom is 0.325 e. The van der Waals surface area contributed by atoms with Gasteiger partial charge in [0.15, 0.2) is 6.61 Å². The highest BCUT2D eigenvalue weighted by molar-refractivity contribution is 5.96. The van der Waals surface area contributed by atoms with Crippen LogP contribution >= 0.6 is 0 Å². The van der Waals surface area contributed by atoms with Crippen LogP contribution in [0.1, 0.15) is 29.3 Å². The summed E-state index contributed by atoms with van der Waals surface area (Å²) in [4.78, 5) is 36.1. The average molecular weight is 428 g/mol. The van der Waals surface area contributed by atoms with E-state index in [1.165, 1.54) is 31.9 Å². The molecule has 0 radical (unpaired) electrons. The molecule has 0 aromatic heterocycles. The third-order valence-electron chi connectivity index (χ3n) is 4.49. The zero-order valence-electron chi connectivity index (χ0n) is 18.0. The van der Waals surface area contributed by atoms with Gasteiger partial charge in [-0.1, -0.05) is 30.3 Å². The minimum absolute atomic E-state index is 0.0610. The molecule has 8 heteroatoms. The van der Waals surface area contributed by atoms with Crippen molar-refractivity contribution in [1.29, 1.82) is 0 Å². The Kier molecular flexibility index (Phi) is 9.35. The summed E-state index contributed by atoms with van der Waals surface area (Å²) < 4.78 is 15.2. The largest absolute Gasteiger partial charge is 0.497 e. The summed E-state index contributed by atoms with van der Waals surface area (Å²) in [5, 5.41) is 5.24. The number of esters is 1. The molecule has 0 aliphatic heterocycles. The topological polar surface area (TPSA) is 103 Å². The summed E-state index contributed by atoms with van der Waals surface area (Å²) in [5.41, 5.74) is 1.47. The Morgan fingerprint density at radius 2 is 1.61 bits per heavy atom. The van der Waals surface area contributed by atoms with Crippen LogP contribution in [0.15, 0.2) is 48.5 Å². The molecule has 1 atom stereocenters. The number of benzene rings is 2. The van der Waals surface area contributed by atoms with Crippen molar-refractivity contribution < 1.29 is 28.6 Å². The molecular weight excluding hydrogens is 400 g/mol. The molecule has 0 unspecified atom stereocenters. The maximum absolute atomic E-state index is 12.2. The number of hydrogen-bond donors (Lipinski definition) is 2. The fourth-order valence-corrected chi connectivity index (χ4v) is 2.81. The first-order valence-corrected chi connectivity index (χ1v) is 9.91. The summed E-state index contributed by atoms with van der Waals surface area (Å²) in [6.07, 6.45) is 1.60. The van der Waals surface area contributed by atoms with Crippen LogP contribution in [0.2, 0.25) is 0 Å². The molecule has 8 nitrogen and oxygen atoms in total. The van der Waals surface area contributed by atoms with Gasteiger partial charge in [0.05, 0.1) is 14.2 Å². The van der Waals surface area contributed by atoms with Crippen molar-refractivity contribution in [1.82, 2.24) is 10.6 Å². The predicted molar refractivity (Wildman–Crippen MR) is 115 cm³/mol. The first-order valence-electron chi connectivity index (χ1n) is 9.91. The number of amides is 2. The van der Waals surface area contributed by atoms with Gasteiger partial charge in [-0.2, -0.15) is 0 Å². The molecule has 166 valence electrons. The van der Waals surface area contributed by atoms with Crippen LogP contribution < -0.4 is 20.1 Å². The van der Waals surface area contributed by atoms with E-state index in [0.717, 1.165) is 12.8 Å². The minimum atomic E-state index is -0.713. The molecule has 0 bridgehead atoms. The standard InChI is InChI=1S/C23H28N2O6/c1-16(9-10-17-7-5-4-6-8-17)25-21(26)15-31-22(27)14-24-23(28)18-11-19(29-2)13-20(12-18)30-3/h4-8,11-13,16H,9-10,14-15H2,1-3H3,(H,24,28)(H,25,26)/t16-/m1/s1. The SMILES string of the molecule is COc1cc(OC)cc(C(=O)NCC(=O)OCC(=O)N[C@H](C)CCc2ccccc2)c1. The molecule has 2 aromatic carbocycles. The quantitative estimate of drug-likeness (QED) is 0.532. The number of carbonyl (C=O) groups is 3. The molecule has 2 amide bonds. The van der Waals surface area contributed by atoms with Crippen LogP contribution in [0.4, 0.5) is 0 Å². The van der Waals surface area contributed by atoms with Gasteiger partial charge in [0.25, 0.3) is 11.8 Å². The molecule has 2 N–H and O–H groups in total. The Labute approximate surface area is 181 Å². The van der Waals surface area contributed by atoms with Gasteiger partial charge in [0, 0.05) is 17.7 Å². The number of nitrogens with one attached hydrogen (secondary N) is 2. The maximum atomic E-state index is 12.2. The van der Waals surface area contributed by atoms with Crippen LogP contribution in [0.5, 0.6) is 11.5 Å². The fourth-order valence-electron chi connectivity index (χ4n) is 2.81. The molecule has 2 aromatic rings. The molecule has 0 aliphatic carbocycles. The van der Waals surface area contributed by atoms with Gasteiger partial charge >= 0.3 is 5.97 Å². The van der Waals surface area contributed by atoms with Gasteiger partial charge in [-0.3, -0.25) is 14.4 Å². The zero-order chi connectivity index (χ0) is 22.6. The van der Waals surface area contributed by atoms with Crippen molar-refractivity contribution in [2.75, 3.05) is 27.4 Å². The fraction of sp³-hybridized carbons (Fsp3) is 0.348. The van der Waals surface area contributed by atoms with E-state index in [0.29, 0.717) is 11.5 Å². The molecule has 0 saturated heterocycles. The van der Waals surface area contributed by atoms with Crippen LogP contribution in [0.25, 0.3) is 0 Å². The molecule has 0 spiro atoms. The molecule has 0 aliphatic rings. The highest BCUT2D eigenvalue weighted by Crippen LogP contribution is 2.22. The zero-order valence-corrected chi connectivity index (χ0v) is 18.0. The van der Waals surface area contributed by atoms with Crippen molar-refractivity contribution in [3.8, 4) is 11.5 Å². The van der Waals surface area contributed by atoms with Crippen LogP contribution in [0, 0.1) is 0 Å². The summed E-state index contributed by atoms with van der Waals surface area (Å²) in [6, 6.07) is 14.6. The highest BCUT2D eigenvalue weighted by Gasteiger charge is 2.14. The molecule has 0 saturated carbocycles. The van der Waals surface area contributed by atoms with E-state index < -0.39 is 24.4 Å². The number of rotatable bonds is 11. The minimum Gasteiger partial charge on any atom is -0.497 e. The Balaban J connectivity index is 1.70. The lowest BCUT2D eigenvalue weighted by atomic mass is 10.1. The van der Waals surface area contributed by atoms with Crippen LogP contribution in [0.3, 0.4) is 0 Å². The number of ether oxygens (including phenoxy) is 3. The summed E-state index contributed by atoms with van der Waals surface area (Å²) in [6.45, 7) is 1.12. The molecule has 0 fully saturated rings. The first-order chi connectivity index (χ1) is 14.9. The molecular formula is C23H28N2O6. The van der Waals surface area contributed by atoms with Gasteiger partial charge in [-0.15, -0.1) is 0 Å². The lowest BCUT2D eigenvalue weighted by Gasteiger charge is -2.14. The Hall–Kier alpha value is -3.55. The second-order valence-electron chi connectivity index (χ2n) is 6.94. The van der Waals surface area contributed by atoms with E-state index in [1.54, 1.807) is 6.07 Å². The number of methoxy groups -OCH3 is 2. The van der Waals surface area contributed by atoms with Gasteiger partial charge < -0.3 is 24.8 Å². The predicted octanol–water partition coefficient (Wildman–Crippen LogP) is 2.11. The second kappa shape index (κ2) is 12.2. The van der Waals surface area contributed by atoms with E-state index in [2.05, 4.69) is 10.6 Å². The van der Waals surface area contributed by atoms with E-state index in [1.807, 2.05) is 37.3 Å². The Morgan fingerprint density at radius 1 is 0.968 bits per heavy atom. The van der Waals surface area contributed by atoms with Crippen molar-refractivity contribution >= 4 is 17.8 Å². The lowest BCUT2D eigenvalue weighted by molar-refractivity contribution is -0.147. The summed E-state index contributed by atoms with van der Waals surface area (Å²) >= 11 is 0. The highest BCUT2D eigenvalue weighted by atomic mass is 16.5. The van der Waals surface area contributed by atoms with Gasteiger partial charge in [-0.25, -0.2) is 0 Å². The number of hydrogen-bond acceptors (Lipinski definition) is 6. The van der Waals surface area contributed by atoms with E-state index in [-0.39, 0.29) is 18.2 Å². The third-order valence-corrected chi connectivity index (χ3v) is 4.49. The van der Waals surface area contributed by atoms with Gasteiger partial charge in [-0.05, 0) is 37.5 Å². The van der Waals surface area contributed by atoms with Gasteiger partial charge in [0.2, 0.25) is 0 Å². The summed E-state index contributed by atoms with van der Waals surface area (Å²) in [7, 11) is 2.95.